The smallest absolute Gasteiger partial charge is 0.402 e. The van der Waals surface area contributed by atoms with Crippen LogP contribution in [0.25, 0.3) is 22.3 Å². The molecule has 204 valence electrons. The standard InChI is InChI=1S/C30H31F5O3/c1-3-4-5-6-22-12-11-21(18-37-22)30(34,35)38-23-13-14-24(26(31)17-23)19-7-9-20(10-8-19)25-15-16-27(36-2)29(33)28(25)32/h7-10,13-17,21-22H,3-6,11-12,18H2,1-2H3. The average Bonchev–Trinajstić information content (AvgIpc) is 2.91. The Labute approximate surface area is 219 Å². The zero-order valence-electron chi connectivity index (χ0n) is 21.4. The molecule has 1 aliphatic rings. The first-order valence-corrected chi connectivity index (χ1v) is 12.8. The lowest BCUT2D eigenvalue weighted by Gasteiger charge is -2.33. The maximum atomic E-state index is 14.9. The minimum atomic E-state index is -3.50. The van der Waals surface area contributed by atoms with Gasteiger partial charge in [-0.15, -0.1) is 0 Å². The lowest BCUT2D eigenvalue weighted by Crippen LogP contribution is -2.41. The van der Waals surface area contributed by atoms with Gasteiger partial charge in [-0.05, 0) is 54.7 Å². The lowest BCUT2D eigenvalue weighted by atomic mass is 9.95. The van der Waals surface area contributed by atoms with E-state index in [0.29, 0.717) is 17.5 Å². The molecule has 1 heterocycles. The highest BCUT2D eigenvalue weighted by molar-refractivity contribution is 5.71. The number of hydrogen-bond donors (Lipinski definition) is 0. The van der Waals surface area contributed by atoms with Crippen LogP contribution in [0.5, 0.6) is 11.5 Å². The van der Waals surface area contributed by atoms with Crippen LogP contribution in [0, 0.1) is 23.4 Å². The Kier molecular flexibility index (Phi) is 8.92. The van der Waals surface area contributed by atoms with Gasteiger partial charge in [0.1, 0.15) is 11.6 Å². The second-order valence-electron chi connectivity index (χ2n) is 9.55. The lowest BCUT2D eigenvalue weighted by molar-refractivity contribution is -0.241. The van der Waals surface area contributed by atoms with Crippen LogP contribution in [0.4, 0.5) is 22.0 Å². The van der Waals surface area contributed by atoms with Crippen molar-refractivity contribution in [2.24, 2.45) is 5.92 Å². The van der Waals surface area contributed by atoms with Gasteiger partial charge in [-0.25, -0.2) is 8.78 Å². The highest BCUT2D eigenvalue weighted by Crippen LogP contribution is 2.37. The predicted octanol–water partition coefficient (Wildman–Crippen LogP) is 8.79. The van der Waals surface area contributed by atoms with Crippen LogP contribution >= 0.6 is 0 Å². The highest BCUT2D eigenvalue weighted by atomic mass is 19.3. The summed E-state index contributed by atoms with van der Waals surface area (Å²) in [5, 5.41) is 0. The molecule has 8 heteroatoms. The van der Waals surface area contributed by atoms with Gasteiger partial charge in [-0.3, -0.25) is 0 Å². The van der Waals surface area contributed by atoms with E-state index in [9.17, 15) is 22.0 Å². The van der Waals surface area contributed by atoms with Crippen LogP contribution in [0.1, 0.15) is 45.4 Å². The van der Waals surface area contributed by atoms with Crippen molar-refractivity contribution >= 4 is 0 Å². The summed E-state index contributed by atoms with van der Waals surface area (Å²) in [5.41, 5.74) is 1.01. The van der Waals surface area contributed by atoms with Gasteiger partial charge in [-0.1, -0.05) is 50.5 Å². The molecule has 2 unspecified atom stereocenters. The minimum absolute atomic E-state index is 0.00282. The van der Waals surface area contributed by atoms with Gasteiger partial charge in [0, 0.05) is 17.2 Å². The van der Waals surface area contributed by atoms with Gasteiger partial charge in [0.2, 0.25) is 5.82 Å². The van der Waals surface area contributed by atoms with Crippen LogP contribution < -0.4 is 9.47 Å². The van der Waals surface area contributed by atoms with E-state index in [1.807, 2.05) is 0 Å². The molecule has 0 amide bonds. The summed E-state index contributed by atoms with van der Waals surface area (Å²) < 4.78 is 88.4. The fourth-order valence-electron chi connectivity index (χ4n) is 4.70. The highest BCUT2D eigenvalue weighted by Gasteiger charge is 2.44. The number of ether oxygens (including phenoxy) is 3. The molecule has 3 aromatic carbocycles. The average molecular weight is 535 g/mol. The molecule has 0 saturated carbocycles. The molecular weight excluding hydrogens is 503 g/mol. The van der Waals surface area contributed by atoms with E-state index in [0.717, 1.165) is 31.7 Å². The number of benzene rings is 3. The van der Waals surface area contributed by atoms with E-state index >= 15 is 0 Å². The zero-order valence-corrected chi connectivity index (χ0v) is 21.4. The molecule has 0 N–H and O–H groups in total. The molecule has 1 fully saturated rings. The van der Waals surface area contributed by atoms with Crippen LogP contribution in [-0.2, 0) is 4.74 Å². The normalized spacial score (nSPS) is 17.9. The number of methoxy groups -OCH3 is 1. The quantitative estimate of drug-likeness (QED) is 0.192. The molecule has 3 aromatic rings. The van der Waals surface area contributed by atoms with Crippen LogP contribution in [0.3, 0.4) is 0 Å². The third kappa shape index (κ3) is 6.29. The summed E-state index contributed by atoms with van der Waals surface area (Å²) >= 11 is 0. The molecular formula is C30H31F5O3. The molecule has 3 nitrogen and oxygen atoms in total. The molecule has 0 aliphatic carbocycles. The second kappa shape index (κ2) is 12.2. The Morgan fingerprint density at radius 1 is 0.868 bits per heavy atom. The summed E-state index contributed by atoms with van der Waals surface area (Å²) in [6.45, 7) is 2.01. The summed E-state index contributed by atoms with van der Waals surface area (Å²) in [6.07, 6.45) is 1.39. The monoisotopic (exact) mass is 534 g/mol. The van der Waals surface area contributed by atoms with Gasteiger partial charge in [0.15, 0.2) is 11.6 Å². The Balaban J connectivity index is 1.42. The summed E-state index contributed by atoms with van der Waals surface area (Å²) in [4.78, 5) is 0. The molecule has 0 aromatic heterocycles. The largest absolute Gasteiger partial charge is 0.494 e. The van der Waals surface area contributed by atoms with Gasteiger partial charge in [-0.2, -0.15) is 13.2 Å². The Morgan fingerprint density at radius 3 is 2.16 bits per heavy atom. The zero-order chi connectivity index (χ0) is 27.3. The number of unbranched alkanes of at least 4 members (excludes halogenated alkanes) is 2. The van der Waals surface area contributed by atoms with E-state index < -0.39 is 29.5 Å². The number of alkyl halides is 2. The molecule has 0 radical (unpaired) electrons. The summed E-state index contributed by atoms with van der Waals surface area (Å²) in [7, 11) is 1.24. The maximum Gasteiger partial charge on any atom is 0.402 e. The molecule has 1 saturated heterocycles. The topological polar surface area (TPSA) is 27.7 Å². The molecule has 1 aliphatic heterocycles. The Bertz CT molecular complexity index is 1220. The fraction of sp³-hybridized carbons (Fsp3) is 0.400. The van der Waals surface area contributed by atoms with Crippen molar-refractivity contribution in [3.63, 3.8) is 0 Å². The maximum absolute atomic E-state index is 14.9. The van der Waals surface area contributed by atoms with E-state index in [1.54, 1.807) is 12.1 Å². The van der Waals surface area contributed by atoms with Crippen molar-refractivity contribution in [1.82, 2.24) is 0 Å². The number of hydrogen-bond acceptors (Lipinski definition) is 3. The summed E-state index contributed by atoms with van der Waals surface area (Å²) in [5.74, 6) is -4.50. The third-order valence-electron chi connectivity index (χ3n) is 6.94. The SMILES string of the molecule is CCCCCC1CCC(C(F)(F)Oc2ccc(-c3ccc(-c4ccc(OC)c(F)c4F)cc3)c(F)c2)CO1. The van der Waals surface area contributed by atoms with Crippen molar-refractivity contribution in [1.29, 1.82) is 0 Å². The van der Waals surface area contributed by atoms with Gasteiger partial charge in [0.05, 0.1) is 25.7 Å². The van der Waals surface area contributed by atoms with E-state index in [4.69, 9.17) is 14.2 Å². The van der Waals surface area contributed by atoms with Crippen molar-refractivity contribution in [2.75, 3.05) is 13.7 Å². The van der Waals surface area contributed by atoms with Crippen LogP contribution in [0.15, 0.2) is 54.6 Å². The first kappa shape index (κ1) is 27.9. The number of rotatable bonds is 10. The molecule has 4 rings (SSSR count). The van der Waals surface area contributed by atoms with Gasteiger partial charge in [0.25, 0.3) is 0 Å². The first-order chi connectivity index (χ1) is 18.2. The van der Waals surface area contributed by atoms with Crippen molar-refractivity contribution in [2.45, 2.75) is 57.7 Å². The Hall–Kier alpha value is -3.13. The van der Waals surface area contributed by atoms with Crippen molar-refractivity contribution in [3.05, 3.63) is 72.0 Å². The second-order valence-corrected chi connectivity index (χ2v) is 9.55. The van der Waals surface area contributed by atoms with E-state index in [-0.39, 0.29) is 41.8 Å². The summed E-state index contributed by atoms with van der Waals surface area (Å²) in [6, 6.07) is 12.4. The number of halogens is 5. The van der Waals surface area contributed by atoms with Crippen LogP contribution in [-0.4, -0.2) is 25.9 Å². The fourth-order valence-corrected chi connectivity index (χ4v) is 4.70. The van der Waals surface area contributed by atoms with Crippen molar-refractivity contribution in [3.8, 4) is 33.8 Å². The third-order valence-corrected chi connectivity index (χ3v) is 6.94. The molecule has 38 heavy (non-hydrogen) atoms. The van der Waals surface area contributed by atoms with Crippen LogP contribution in [0.2, 0.25) is 0 Å². The first-order valence-electron chi connectivity index (χ1n) is 12.8. The molecule has 0 spiro atoms. The van der Waals surface area contributed by atoms with Gasteiger partial charge >= 0.3 is 6.11 Å². The molecule has 2 atom stereocenters. The Morgan fingerprint density at radius 2 is 1.55 bits per heavy atom. The minimum Gasteiger partial charge on any atom is -0.494 e. The van der Waals surface area contributed by atoms with Gasteiger partial charge < -0.3 is 14.2 Å². The van der Waals surface area contributed by atoms with E-state index in [2.05, 4.69) is 6.92 Å². The molecule has 0 bridgehead atoms. The van der Waals surface area contributed by atoms with Crippen molar-refractivity contribution < 1.29 is 36.2 Å². The predicted molar refractivity (Wildman–Crippen MR) is 136 cm³/mol. The van der Waals surface area contributed by atoms with E-state index in [1.165, 1.54) is 43.5 Å².